The Morgan fingerprint density at radius 3 is 3.14 bits per heavy atom. The van der Waals surface area contributed by atoms with Crippen molar-refractivity contribution in [2.75, 3.05) is 6.61 Å². The van der Waals surface area contributed by atoms with Gasteiger partial charge in [0.25, 0.3) is 0 Å². The first-order valence-electron chi connectivity index (χ1n) is 5.19. The quantitative estimate of drug-likeness (QED) is 0.680. The fraction of sp³-hybridized carbons (Fsp3) is 0.500. The van der Waals surface area contributed by atoms with Gasteiger partial charge in [-0.25, -0.2) is 0 Å². The topological polar surface area (TPSA) is 29.5 Å². The van der Waals surface area contributed by atoms with Crippen molar-refractivity contribution in [1.29, 1.82) is 0 Å². The summed E-state index contributed by atoms with van der Waals surface area (Å²) in [6, 6.07) is 3.80. The van der Waals surface area contributed by atoms with Crippen molar-refractivity contribution >= 4 is 0 Å². The van der Waals surface area contributed by atoms with E-state index in [1.165, 1.54) is 24.0 Å². The maximum Gasteiger partial charge on any atom is 0.165 e. The van der Waals surface area contributed by atoms with Crippen LogP contribution in [-0.4, -0.2) is 11.7 Å². The average Bonchev–Trinajstić information content (AvgIpc) is 2.52. The monoisotopic (exact) mass is 190 g/mol. The van der Waals surface area contributed by atoms with Crippen LogP contribution in [0.25, 0.3) is 0 Å². The normalized spacial score (nSPS) is 28.4. The van der Waals surface area contributed by atoms with E-state index in [9.17, 15) is 5.11 Å². The predicted molar refractivity (Wildman–Crippen MR) is 53.9 cm³/mol. The first-order chi connectivity index (χ1) is 6.71. The van der Waals surface area contributed by atoms with Gasteiger partial charge in [-0.1, -0.05) is 13.0 Å². The van der Waals surface area contributed by atoms with Crippen molar-refractivity contribution in [3.05, 3.63) is 23.3 Å². The van der Waals surface area contributed by atoms with E-state index in [1.54, 1.807) is 6.07 Å². The smallest absolute Gasteiger partial charge is 0.165 e. The third-order valence-electron chi connectivity index (χ3n) is 3.54. The summed E-state index contributed by atoms with van der Waals surface area (Å²) in [5, 5.41) is 9.68. The Morgan fingerprint density at radius 2 is 2.29 bits per heavy atom. The van der Waals surface area contributed by atoms with E-state index in [-0.39, 0.29) is 5.41 Å². The fourth-order valence-corrected chi connectivity index (χ4v) is 2.80. The van der Waals surface area contributed by atoms with Crippen LogP contribution in [0.5, 0.6) is 11.5 Å². The maximum atomic E-state index is 9.68. The summed E-state index contributed by atoms with van der Waals surface area (Å²) >= 11 is 0. The predicted octanol–water partition coefficient (Wildman–Crippen LogP) is 2.38. The molecule has 2 nitrogen and oxygen atoms in total. The molecule has 1 atom stereocenters. The van der Waals surface area contributed by atoms with Crippen molar-refractivity contribution in [2.24, 2.45) is 0 Å². The van der Waals surface area contributed by atoms with E-state index in [4.69, 9.17) is 4.74 Å². The van der Waals surface area contributed by atoms with E-state index in [2.05, 4.69) is 6.92 Å². The molecule has 1 aromatic carbocycles. The van der Waals surface area contributed by atoms with Crippen LogP contribution in [0.1, 0.15) is 30.9 Å². The number of rotatable bonds is 0. The summed E-state index contributed by atoms with van der Waals surface area (Å²) in [6.45, 7) is 2.97. The zero-order chi connectivity index (χ0) is 9.76. The molecule has 1 aromatic rings. The van der Waals surface area contributed by atoms with Crippen LogP contribution in [0, 0.1) is 0 Å². The van der Waals surface area contributed by atoms with Crippen LogP contribution in [0.4, 0.5) is 0 Å². The zero-order valence-electron chi connectivity index (χ0n) is 8.34. The van der Waals surface area contributed by atoms with Crippen LogP contribution in [-0.2, 0) is 11.8 Å². The minimum Gasteiger partial charge on any atom is -0.504 e. The van der Waals surface area contributed by atoms with Crippen molar-refractivity contribution in [2.45, 2.75) is 31.6 Å². The van der Waals surface area contributed by atoms with E-state index in [0.717, 1.165) is 18.8 Å². The maximum absolute atomic E-state index is 9.68. The number of phenolic OH excluding ortho intramolecular Hbond substituents is 1. The van der Waals surface area contributed by atoms with Gasteiger partial charge in [-0.05, 0) is 30.9 Å². The summed E-state index contributed by atoms with van der Waals surface area (Å²) in [4.78, 5) is 0. The molecule has 0 radical (unpaired) electrons. The third kappa shape index (κ3) is 0.861. The molecule has 0 bridgehead atoms. The molecule has 1 aliphatic heterocycles. The molecule has 1 N–H and O–H groups in total. The van der Waals surface area contributed by atoms with Gasteiger partial charge in [-0.2, -0.15) is 0 Å². The zero-order valence-corrected chi connectivity index (χ0v) is 8.34. The van der Waals surface area contributed by atoms with Gasteiger partial charge in [0.2, 0.25) is 0 Å². The number of aromatic hydroxyl groups is 1. The van der Waals surface area contributed by atoms with Gasteiger partial charge < -0.3 is 9.84 Å². The second-order valence-corrected chi connectivity index (χ2v) is 4.65. The van der Waals surface area contributed by atoms with Gasteiger partial charge in [0.1, 0.15) is 0 Å². The molecule has 1 heterocycles. The average molecular weight is 190 g/mol. The Morgan fingerprint density at radius 1 is 1.43 bits per heavy atom. The SMILES string of the molecule is CC12CCCc3ccc(O)c(c31)OC2. The largest absolute Gasteiger partial charge is 0.504 e. The highest BCUT2D eigenvalue weighted by Crippen LogP contribution is 2.50. The van der Waals surface area contributed by atoms with Crippen LogP contribution >= 0.6 is 0 Å². The second-order valence-electron chi connectivity index (χ2n) is 4.65. The lowest BCUT2D eigenvalue weighted by atomic mass is 9.73. The number of hydrogen-bond acceptors (Lipinski definition) is 2. The lowest BCUT2D eigenvalue weighted by Gasteiger charge is -2.29. The van der Waals surface area contributed by atoms with Gasteiger partial charge in [0.05, 0.1) is 6.61 Å². The van der Waals surface area contributed by atoms with Gasteiger partial charge in [0, 0.05) is 11.0 Å². The second kappa shape index (κ2) is 2.44. The van der Waals surface area contributed by atoms with Crippen LogP contribution in [0.15, 0.2) is 12.1 Å². The van der Waals surface area contributed by atoms with Gasteiger partial charge in [-0.3, -0.25) is 0 Å². The molecule has 1 aliphatic carbocycles. The highest BCUT2D eigenvalue weighted by Gasteiger charge is 2.41. The first-order valence-corrected chi connectivity index (χ1v) is 5.19. The summed E-state index contributed by atoms with van der Waals surface area (Å²) in [7, 11) is 0. The minimum atomic E-state index is 0.154. The number of hydrogen-bond donors (Lipinski definition) is 1. The van der Waals surface area contributed by atoms with E-state index >= 15 is 0 Å². The van der Waals surface area contributed by atoms with E-state index in [1.807, 2.05) is 6.07 Å². The molecule has 14 heavy (non-hydrogen) atoms. The molecular weight excluding hydrogens is 176 g/mol. The number of aryl methyl sites for hydroxylation is 1. The van der Waals surface area contributed by atoms with Gasteiger partial charge in [0.15, 0.2) is 11.5 Å². The Bertz CT molecular complexity index is 398. The molecule has 1 unspecified atom stereocenters. The lowest BCUT2D eigenvalue weighted by Crippen LogP contribution is -2.27. The number of benzene rings is 1. The highest BCUT2D eigenvalue weighted by molar-refractivity contribution is 5.57. The van der Waals surface area contributed by atoms with Crippen molar-refractivity contribution in [3.63, 3.8) is 0 Å². The molecule has 0 saturated heterocycles. The summed E-state index contributed by atoms with van der Waals surface area (Å²) in [6.07, 6.45) is 3.54. The summed E-state index contributed by atoms with van der Waals surface area (Å²) in [5.74, 6) is 1.04. The minimum absolute atomic E-state index is 0.154. The fourth-order valence-electron chi connectivity index (χ4n) is 2.80. The standard InChI is InChI=1S/C12H14O2/c1-12-6-2-3-8-4-5-9(13)11(10(8)12)14-7-12/h4-5,13H,2-3,6-7H2,1H3. The van der Waals surface area contributed by atoms with Crippen molar-refractivity contribution < 1.29 is 9.84 Å². The Labute approximate surface area is 83.5 Å². The van der Waals surface area contributed by atoms with E-state index in [0.29, 0.717) is 5.75 Å². The lowest BCUT2D eigenvalue weighted by molar-refractivity contribution is 0.255. The molecule has 0 aromatic heterocycles. The highest BCUT2D eigenvalue weighted by atomic mass is 16.5. The molecule has 2 aliphatic rings. The van der Waals surface area contributed by atoms with E-state index < -0.39 is 0 Å². The third-order valence-corrected chi connectivity index (χ3v) is 3.54. The molecule has 3 rings (SSSR count). The van der Waals surface area contributed by atoms with Gasteiger partial charge >= 0.3 is 0 Å². The van der Waals surface area contributed by atoms with Gasteiger partial charge in [-0.15, -0.1) is 0 Å². The van der Waals surface area contributed by atoms with Crippen molar-refractivity contribution in [1.82, 2.24) is 0 Å². The Hall–Kier alpha value is -1.18. The van der Waals surface area contributed by atoms with Crippen LogP contribution < -0.4 is 4.74 Å². The van der Waals surface area contributed by atoms with Crippen LogP contribution in [0.2, 0.25) is 0 Å². The Kier molecular flexibility index (Phi) is 1.42. The molecule has 74 valence electrons. The summed E-state index contributed by atoms with van der Waals surface area (Å²) in [5.41, 5.74) is 2.79. The van der Waals surface area contributed by atoms with Crippen LogP contribution in [0.3, 0.4) is 0 Å². The van der Waals surface area contributed by atoms with Crippen molar-refractivity contribution in [3.8, 4) is 11.5 Å². The Balaban J connectivity index is 2.30. The number of ether oxygens (including phenoxy) is 1. The molecule has 0 spiro atoms. The first kappa shape index (κ1) is 8.16. The molecule has 0 fully saturated rings. The molecule has 0 amide bonds. The molecule has 2 heteroatoms. The molecule has 0 saturated carbocycles. The number of phenols is 1. The summed E-state index contributed by atoms with van der Waals surface area (Å²) < 4.78 is 5.61. The molecular formula is C12H14O2.